The Morgan fingerprint density at radius 3 is 2.08 bits per heavy atom. The first-order valence-electron chi connectivity index (χ1n) is 12.7. The zero-order valence-electron chi connectivity index (χ0n) is 21.0. The van der Waals surface area contributed by atoms with E-state index in [0.29, 0.717) is 13.1 Å². The second-order valence-electron chi connectivity index (χ2n) is 9.80. The van der Waals surface area contributed by atoms with Crippen LogP contribution in [-0.2, 0) is 6.54 Å². The lowest BCUT2D eigenvalue weighted by Crippen LogP contribution is -2.50. The number of aliphatic hydroxyl groups is 1. The van der Waals surface area contributed by atoms with Crippen LogP contribution in [0.25, 0.3) is 11.5 Å². The number of aliphatic hydroxyl groups excluding tert-OH is 1. The number of imidazole rings is 1. The first-order valence-corrected chi connectivity index (χ1v) is 12.7. The highest BCUT2D eigenvalue weighted by Crippen LogP contribution is 2.29. The van der Waals surface area contributed by atoms with Gasteiger partial charge in [-0.25, -0.2) is 15.0 Å². The minimum Gasteiger partial charge on any atom is -0.390 e. The Kier molecular flexibility index (Phi) is 7.55. The standard InChI is InChI=1S/C28H35N7O/c1-21(2)32-27-25-28(30-19-29-25)35(20-31-27)18-24(36)17-33-13-15-34(16-14-33)26(22-9-5-3-6-10-22)23-11-7-4-8-12-23/h3-12,19-21,24,26,32,36H,13-18H2,1-2H3. The maximum absolute atomic E-state index is 10.9. The van der Waals surface area contributed by atoms with Crippen molar-refractivity contribution in [1.29, 1.82) is 0 Å². The molecule has 2 aromatic rings. The summed E-state index contributed by atoms with van der Waals surface area (Å²) in [7, 11) is 0. The molecule has 2 N–H and O–H groups in total. The fourth-order valence-corrected chi connectivity index (χ4v) is 5.07. The summed E-state index contributed by atoms with van der Waals surface area (Å²) in [5, 5.41) is 14.2. The fourth-order valence-electron chi connectivity index (χ4n) is 5.07. The van der Waals surface area contributed by atoms with Crippen LogP contribution in [0.3, 0.4) is 0 Å². The molecule has 8 heteroatoms. The van der Waals surface area contributed by atoms with Gasteiger partial charge in [-0.1, -0.05) is 60.7 Å². The van der Waals surface area contributed by atoms with Gasteiger partial charge in [-0.3, -0.25) is 9.80 Å². The number of hydrogen-bond acceptors (Lipinski definition) is 7. The number of benzene rings is 2. The summed E-state index contributed by atoms with van der Waals surface area (Å²) in [6.45, 7) is 8.91. The molecule has 5 rings (SSSR count). The molecule has 3 heterocycles. The van der Waals surface area contributed by atoms with Crippen molar-refractivity contribution in [3.8, 4) is 11.5 Å². The fraction of sp³-hybridized carbons (Fsp3) is 0.393. The Balaban J connectivity index is 1.21. The van der Waals surface area contributed by atoms with E-state index < -0.39 is 6.10 Å². The molecule has 0 spiro atoms. The van der Waals surface area contributed by atoms with Crippen LogP contribution < -0.4 is 5.32 Å². The van der Waals surface area contributed by atoms with Gasteiger partial charge >= 0.3 is 0 Å². The van der Waals surface area contributed by atoms with Crippen molar-refractivity contribution in [2.45, 2.75) is 38.6 Å². The zero-order valence-corrected chi connectivity index (χ0v) is 21.0. The van der Waals surface area contributed by atoms with Gasteiger partial charge in [-0.2, -0.15) is 0 Å². The number of rotatable bonds is 9. The number of anilines is 1. The molecule has 188 valence electrons. The maximum Gasteiger partial charge on any atom is 0.165 e. The normalized spacial score (nSPS) is 16.1. The van der Waals surface area contributed by atoms with Gasteiger partial charge < -0.3 is 15.0 Å². The molecule has 36 heavy (non-hydrogen) atoms. The van der Waals surface area contributed by atoms with Crippen LogP contribution >= 0.6 is 0 Å². The number of fused-ring (bicyclic) bond motifs is 1. The van der Waals surface area contributed by atoms with Crippen molar-refractivity contribution < 1.29 is 5.11 Å². The molecule has 0 aromatic heterocycles. The van der Waals surface area contributed by atoms with Gasteiger partial charge in [-0.15, -0.1) is 0 Å². The Hall–Kier alpha value is -3.33. The Bertz CT molecular complexity index is 1150. The van der Waals surface area contributed by atoms with E-state index in [1.165, 1.54) is 11.1 Å². The van der Waals surface area contributed by atoms with E-state index in [9.17, 15) is 5.11 Å². The van der Waals surface area contributed by atoms with E-state index in [-0.39, 0.29) is 12.1 Å². The van der Waals surface area contributed by atoms with E-state index in [1.54, 1.807) is 12.7 Å². The number of piperazine rings is 1. The van der Waals surface area contributed by atoms with Crippen molar-refractivity contribution >= 4 is 5.82 Å². The highest BCUT2D eigenvalue weighted by atomic mass is 16.3. The predicted molar refractivity (Wildman–Crippen MR) is 142 cm³/mol. The van der Waals surface area contributed by atoms with Gasteiger partial charge in [-0.05, 0) is 25.0 Å². The number of β-amino-alcohol motifs (C(OH)–C–C–N with tert-alkyl or cyclic N) is 1. The van der Waals surface area contributed by atoms with Crippen LogP contribution in [0, 0.1) is 0 Å². The van der Waals surface area contributed by atoms with E-state index in [4.69, 9.17) is 0 Å². The van der Waals surface area contributed by atoms with Gasteiger partial charge in [0, 0.05) is 38.8 Å². The second-order valence-corrected chi connectivity index (χ2v) is 9.80. The van der Waals surface area contributed by atoms with Crippen molar-refractivity contribution in [3.63, 3.8) is 0 Å². The Labute approximate surface area is 213 Å². The van der Waals surface area contributed by atoms with Crippen LogP contribution in [0.4, 0.5) is 5.82 Å². The summed E-state index contributed by atoms with van der Waals surface area (Å²) < 4.78 is 1.90. The van der Waals surface area contributed by atoms with Crippen LogP contribution in [0.5, 0.6) is 0 Å². The highest BCUT2D eigenvalue weighted by Gasteiger charge is 2.27. The third kappa shape index (κ3) is 5.56. The molecule has 1 atom stereocenters. The molecule has 1 unspecified atom stereocenters. The summed E-state index contributed by atoms with van der Waals surface area (Å²) in [4.78, 5) is 18.2. The molecule has 1 saturated heterocycles. The largest absolute Gasteiger partial charge is 0.390 e. The van der Waals surface area contributed by atoms with Gasteiger partial charge in [0.1, 0.15) is 6.33 Å². The van der Waals surface area contributed by atoms with E-state index in [0.717, 1.165) is 43.5 Å². The molecule has 0 saturated carbocycles. The molecule has 1 fully saturated rings. The maximum atomic E-state index is 10.9. The molecular weight excluding hydrogens is 450 g/mol. The Morgan fingerprint density at radius 1 is 0.833 bits per heavy atom. The van der Waals surface area contributed by atoms with E-state index >= 15 is 0 Å². The van der Waals surface area contributed by atoms with Crippen LogP contribution in [0.1, 0.15) is 31.0 Å². The molecule has 0 aliphatic carbocycles. The van der Waals surface area contributed by atoms with Gasteiger partial charge in [0.2, 0.25) is 0 Å². The average Bonchev–Trinajstić information content (AvgIpc) is 3.39. The minimum absolute atomic E-state index is 0.239. The summed E-state index contributed by atoms with van der Waals surface area (Å²) in [5.74, 6) is 1.47. The van der Waals surface area contributed by atoms with Crippen LogP contribution in [0.15, 0.2) is 73.3 Å². The second kappa shape index (κ2) is 11.2. The first kappa shape index (κ1) is 24.4. The summed E-state index contributed by atoms with van der Waals surface area (Å²) in [6.07, 6.45) is 2.77. The SMILES string of the molecule is CC(C)Nc1ncn(CC(O)CN2CCN(C(c3ccccc3)c3ccccc3)CC2)c2ncnc1-2. The van der Waals surface area contributed by atoms with Crippen LogP contribution in [-0.4, -0.2) is 79.3 Å². The molecule has 0 bridgehead atoms. The third-order valence-electron chi connectivity index (χ3n) is 6.71. The molecule has 2 aromatic carbocycles. The highest BCUT2D eigenvalue weighted by molar-refractivity contribution is 5.67. The molecule has 3 aliphatic rings. The number of nitrogens with zero attached hydrogens (tertiary/aromatic N) is 6. The van der Waals surface area contributed by atoms with E-state index in [2.05, 4.69) is 105 Å². The average molecular weight is 486 g/mol. The number of hydrogen-bond donors (Lipinski definition) is 2. The molecule has 0 radical (unpaired) electrons. The predicted octanol–water partition coefficient (Wildman–Crippen LogP) is 3.37. The van der Waals surface area contributed by atoms with Crippen LogP contribution in [0.2, 0.25) is 0 Å². The topological polar surface area (TPSA) is 82.3 Å². The Morgan fingerprint density at radius 2 is 1.47 bits per heavy atom. The monoisotopic (exact) mass is 485 g/mol. The summed E-state index contributed by atoms with van der Waals surface area (Å²) in [6, 6.07) is 22.0. The van der Waals surface area contributed by atoms with Crippen molar-refractivity contribution in [3.05, 3.63) is 84.4 Å². The first-order chi connectivity index (χ1) is 17.6. The lowest BCUT2D eigenvalue weighted by molar-refractivity contribution is 0.0555. The third-order valence-corrected chi connectivity index (χ3v) is 6.71. The molecular formula is C28H35N7O. The molecule has 3 aliphatic heterocycles. The quantitative estimate of drug-likeness (QED) is 0.376. The van der Waals surface area contributed by atoms with Gasteiger partial charge in [0.05, 0.1) is 25.0 Å². The van der Waals surface area contributed by atoms with Crippen molar-refractivity contribution in [2.24, 2.45) is 0 Å². The molecule has 8 nitrogen and oxygen atoms in total. The summed E-state index contributed by atoms with van der Waals surface area (Å²) >= 11 is 0. The smallest absolute Gasteiger partial charge is 0.165 e. The lowest BCUT2D eigenvalue weighted by atomic mass is 9.96. The number of nitrogens with one attached hydrogen (secondary N) is 1. The van der Waals surface area contributed by atoms with E-state index in [1.807, 2.05) is 4.57 Å². The van der Waals surface area contributed by atoms with Gasteiger partial charge in [0.15, 0.2) is 17.3 Å². The van der Waals surface area contributed by atoms with Gasteiger partial charge in [0.25, 0.3) is 0 Å². The van der Waals surface area contributed by atoms with Crippen molar-refractivity contribution in [2.75, 3.05) is 38.0 Å². The zero-order chi connectivity index (χ0) is 24.9. The summed E-state index contributed by atoms with van der Waals surface area (Å²) in [5.41, 5.74) is 3.37. The minimum atomic E-state index is -0.522. The number of aromatic nitrogens is 4. The van der Waals surface area contributed by atoms with Crippen molar-refractivity contribution in [1.82, 2.24) is 29.3 Å². The molecule has 0 amide bonds. The lowest BCUT2D eigenvalue weighted by Gasteiger charge is -2.40.